The average Bonchev–Trinajstić information content (AvgIpc) is 3.42. The summed E-state index contributed by atoms with van der Waals surface area (Å²) in [6.07, 6.45) is 3.26. The number of fused-ring (bicyclic) bond motifs is 2. The zero-order chi connectivity index (χ0) is 20.0. The fraction of sp³-hybridized carbons (Fsp3) is 0.100. The second-order valence-corrected chi connectivity index (χ2v) is 7.62. The van der Waals surface area contributed by atoms with Gasteiger partial charge in [0.15, 0.2) is 5.65 Å². The molecule has 5 aromatic rings. The van der Waals surface area contributed by atoms with Crippen LogP contribution in [0.4, 0.5) is 10.2 Å². The van der Waals surface area contributed by atoms with Crippen molar-refractivity contribution in [1.82, 2.24) is 24.4 Å². The number of aromatic nitrogens is 5. The van der Waals surface area contributed by atoms with Crippen molar-refractivity contribution in [3.63, 3.8) is 0 Å². The van der Waals surface area contributed by atoms with Crippen LogP contribution in [0.5, 0.6) is 0 Å². The Morgan fingerprint density at radius 3 is 2.83 bits per heavy atom. The lowest BCUT2D eigenvalue weighted by atomic mass is 10.2. The Balaban J connectivity index is 1.45. The van der Waals surface area contributed by atoms with E-state index in [0.717, 1.165) is 21.5 Å². The van der Waals surface area contributed by atoms with Crippen molar-refractivity contribution in [1.29, 1.82) is 0 Å². The van der Waals surface area contributed by atoms with Gasteiger partial charge < -0.3 is 5.32 Å². The molecule has 0 aliphatic rings. The molecule has 1 amide bonds. The van der Waals surface area contributed by atoms with Crippen molar-refractivity contribution in [2.75, 3.05) is 5.32 Å². The van der Waals surface area contributed by atoms with Gasteiger partial charge in [-0.2, -0.15) is 14.7 Å². The molecule has 144 valence electrons. The predicted octanol–water partition coefficient (Wildman–Crippen LogP) is 3.89. The van der Waals surface area contributed by atoms with Crippen molar-refractivity contribution < 1.29 is 9.18 Å². The molecule has 29 heavy (non-hydrogen) atoms. The highest BCUT2D eigenvalue weighted by Gasteiger charge is 2.17. The smallest absolute Gasteiger partial charge is 0.266 e. The number of carbonyl (C=O) groups is 1. The number of benzene rings is 1. The molecule has 0 fully saturated rings. The summed E-state index contributed by atoms with van der Waals surface area (Å²) in [5.74, 6) is 0.0575. The Bertz CT molecular complexity index is 1350. The Morgan fingerprint density at radius 1 is 1.17 bits per heavy atom. The van der Waals surface area contributed by atoms with Gasteiger partial charge in [-0.25, -0.2) is 9.37 Å². The van der Waals surface area contributed by atoms with Gasteiger partial charge in [-0.1, -0.05) is 12.1 Å². The second-order valence-electron chi connectivity index (χ2n) is 6.58. The largest absolute Gasteiger partial charge is 0.306 e. The van der Waals surface area contributed by atoms with Gasteiger partial charge in [0.1, 0.15) is 16.5 Å². The SMILES string of the molecule is Cc1nn(Cc2ccc(F)cc2)c2sc(C(=O)Nc3ccnc4ccnn34)cc12. The predicted molar refractivity (Wildman–Crippen MR) is 109 cm³/mol. The molecule has 7 nitrogen and oxygen atoms in total. The zero-order valence-electron chi connectivity index (χ0n) is 15.3. The van der Waals surface area contributed by atoms with Crippen molar-refractivity contribution >= 4 is 38.9 Å². The first-order valence-corrected chi connectivity index (χ1v) is 9.71. The molecule has 0 aliphatic carbocycles. The van der Waals surface area contributed by atoms with Gasteiger partial charge >= 0.3 is 0 Å². The third-order valence-electron chi connectivity index (χ3n) is 4.61. The molecular formula is C20H15FN6OS. The molecule has 0 atom stereocenters. The lowest BCUT2D eigenvalue weighted by molar-refractivity contribution is 0.103. The maximum Gasteiger partial charge on any atom is 0.266 e. The molecule has 1 aromatic carbocycles. The molecule has 1 N–H and O–H groups in total. The number of rotatable bonds is 4. The van der Waals surface area contributed by atoms with Crippen LogP contribution in [0.15, 0.2) is 54.9 Å². The van der Waals surface area contributed by atoms with Gasteiger partial charge in [-0.3, -0.25) is 9.48 Å². The van der Waals surface area contributed by atoms with Crippen molar-refractivity contribution in [3.8, 4) is 0 Å². The van der Waals surface area contributed by atoms with Crippen LogP contribution in [0, 0.1) is 12.7 Å². The topological polar surface area (TPSA) is 77.1 Å². The molecule has 0 radical (unpaired) electrons. The van der Waals surface area contributed by atoms with Gasteiger partial charge in [-0.15, -0.1) is 11.3 Å². The Hall–Kier alpha value is -3.59. The van der Waals surface area contributed by atoms with Crippen LogP contribution in [0.25, 0.3) is 15.9 Å². The summed E-state index contributed by atoms with van der Waals surface area (Å²) in [6, 6.07) is 11.6. The minimum atomic E-state index is -0.270. The second kappa shape index (κ2) is 6.78. The first-order valence-electron chi connectivity index (χ1n) is 8.90. The first-order chi connectivity index (χ1) is 14.1. The molecule has 0 unspecified atom stereocenters. The van der Waals surface area contributed by atoms with E-state index < -0.39 is 0 Å². The van der Waals surface area contributed by atoms with Gasteiger partial charge in [0.05, 0.1) is 23.3 Å². The van der Waals surface area contributed by atoms with Gasteiger partial charge in [0, 0.05) is 17.6 Å². The quantitative estimate of drug-likeness (QED) is 0.491. The Kier molecular flexibility index (Phi) is 4.09. The molecular weight excluding hydrogens is 391 g/mol. The molecule has 5 rings (SSSR count). The first kappa shape index (κ1) is 17.5. The van der Waals surface area contributed by atoms with E-state index in [0.29, 0.717) is 22.9 Å². The maximum absolute atomic E-state index is 13.2. The molecule has 0 saturated heterocycles. The highest BCUT2D eigenvalue weighted by atomic mass is 32.1. The Morgan fingerprint density at radius 2 is 2.00 bits per heavy atom. The van der Waals surface area contributed by atoms with Gasteiger partial charge in [0.25, 0.3) is 5.91 Å². The van der Waals surface area contributed by atoms with Crippen LogP contribution < -0.4 is 5.32 Å². The highest BCUT2D eigenvalue weighted by molar-refractivity contribution is 7.20. The van der Waals surface area contributed by atoms with E-state index in [1.807, 2.05) is 17.7 Å². The van der Waals surface area contributed by atoms with Crippen LogP contribution in [-0.4, -0.2) is 30.3 Å². The van der Waals surface area contributed by atoms with Crippen molar-refractivity contribution in [2.24, 2.45) is 0 Å². The molecule has 0 spiro atoms. The zero-order valence-corrected chi connectivity index (χ0v) is 16.2. The average molecular weight is 406 g/mol. The molecule has 4 aromatic heterocycles. The van der Waals surface area contributed by atoms with Crippen molar-refractivity contribution in [3.05, 3.63) is 76.8 Å². The molecule has 4 heterocycles. The summed E-state index contributed by atoms with van der Waals surface area (Å²) in [7, 11) is 0. The summed E-state index contributed by atoms with van der Waals surface area (Å²) in [5, 5.41) is 12.6. The lowest BCUT2D eigenvalue weighted by Crippen LogP contribution is -2.13. The van der Waals surface area contributed by atoms with E-state index >= 15 is 0 Å². The minimum Gasteiger partial charge on any atom is -0.306 e. The van der Waals surface area contributed by atoms with Crippen molar-refractivity contribution in [2.45, 2.75) is 13.5 Å². The van der Waals surface area contributed by atoms with Crippen LogP contribution >= 0.6 is 11.3 Å². The molecule has 0 bridgehead atoms. The summed E-state index contributed by atoms with van der Waals surface area (Å²) in [5.41, 5.74) is 2.44. The maximum atomic E-state index is 13.2. The van der Waals surface area contributed by atoms with Crippen LogP contribution in [0.2, 0.25) is 0 Å². The number of amides is 1. The van der Waals surface area contributed by atoms with E-state index in [1.165, 1.54) is 23.5 Å². The monoisotopic (exact) mass is 406 g/mol. The fourth-order valence-electron chi connectivity index (χ4n) is 3.20. The third kappa shape index (κ3) is 3.15. The van der Waals surface area contributed by atoms with Gasteiger partial charge in [0.2, 0.25) is 0 Å². The van der Waals surface area contributed by atoms with E-state index in [9.17, 15) is 9.18 Å². The summed E-state index contributed by atoms with van der Waals surface area (Å²) in [4.78, 5) is 18.5. The lowest BCUT2D eigenvalue weighted by Gasteiger charge is -2.05. The molecule has 9 heteroatoms. The van der Waals surface area contributed by atoms with E-state index in [-0.39, 0.29) is 11.7 Å². The Labute approximate surface area is 168 Å². The van der Waals surface area contributed by atoms with Gasteiger partial charge in [-0.05, 0) is 36.8 Å². The number of carbonyl (C=O) groups excluding carboxylic acids is 1. The summed E-state index contributed by atoms with van der Waals surface area (Å²) < 4.78 is 16.6. The third-order valence-corrected chi connectivity index (χ3v) is 5.76. The highest BCUT2D eigenvalue weighted by Crippen LogP contribution is 2.29. The summed E-state index contributed by atoms with van der Waals surface area (Å²) in [6.45, 7) is 2.42. The standard InChI is InChI=1S/C20H15FN6OS/c1-12-15-10-16(19(28)24-18-6-8-22-17-7-9-23-27(17)18)29-20(15)26(25-12)11-13-2-4-14(21)5-3-13/h2-10H,11H2,1H3,(H,24,28). The molecule has 0 saturated carbocycles. The van der Waals surface area contributed by atoms with Crippen LogP contribution in [-0.2, 0) is 6.54 Å². The fourth-order valence-corrected chi connectivity index (χ4v) is 4.26. The minimum absolute atomic E-state index is 0.220. The summed E-state index contributed by atoms with van der Waals surface area (Å²) >= 11 is 1.37. The number of nitrogens with one attached hydrogen (secondary N) is 1. The number of thiophene rings is 1. The normalized spacial score (nSPS) is 11.4. The van der Waals surface area contributed by atoms with E-state index in [1.54, 1.807) is 41.2 Å². The number of anilines is 1. The van der Waals surface area contributed by atoms with Crippen LogP contribution in [0.3, 0.4) is 0 Å². The number of aryl methyl sites for hydroxylation is 1. The van der Waals surface area contributed by atoms with Crippen LogP contribution in [0.1, 0.15) is 20.9 Å². The van der Waals surface area contributed by atoms with E-state index in [4.69, 9.17) is 0 Å². The number of nitrogens with zero attached hydrogens (tertiary/aromatic N) is 5. The number of hydrogen-bond acceptors (Lipinski definition) is 5. The van der Waals surface area contributed by atoms with E-state index in [2.05, 4.69) is 20.5 Å². The molecule has 0 aliphatic heterocycles. The number of hydrogen-bond donors (Lipinski definition) is 1. The number of halogens is 1.